The van der Waals surface area contributed by atoms with Crippen molar-refractivity contribution < 1.29 is 27.5 Å². The zero-order valence-electron chi connectivity index (χ0n) is 26.5. The van der Waals surface area contributed by atoms with E-state index in [1.165, 1.54) is 0 Å². The maximum absolute atomic E-state index is 14.3. The van der Waals surface area contributed by atoms with Gasteiger partial charge in [-0.3, -0.25) is 9.59 Å². The Bertz CT molecular complexity index is 1820. The normalized spacial score (nSPS) is 22.7. The van der Waals surface area contributed by atoms with Crippen LogP contribution in [0.25, 0.3) is 11.2 Å². The zero-order valence-corrected chi connectivity index (χ0v) is 27.2. The van der Waals surface area contributed by atoms with Crippen LogP contribution in [0.2, 0.25) is 5.02 Å². The molecule has 2 aromatic heterocycles. The Hall–Kier alpha value is -3.87. The predicted molar refractivity (Wildman–Crippen MR) is 168 cm³/mol. The van der Waals surface area contributed by atoms with E-state index < -0.39 is 29.3 Å². The van der Waals surface area contributed by atoms with Gasteiger partial charge in [-0.2, -0.15) is 13.2 Å². The van der Waals surface area contributed by atoms with Gasteiger partial charge >= 0.3 is 12.3 Å². The number of carbonyl (C=O) groups is 2. The van der Waals surface area contributed by atoms with Crippen molar-refractivity contribution in [3.63, 3.8) is 0 Å². The first kappa shape index (κ1) is 32.1. The molecule has 3 aromatic rings. The second kappa shape index (κ2) is 11.1. The SMILES string of the molecule is Cc1nc2c(=O)c(N3CCN(C(=O)OC(C)(C)C)[C@H]4CC[C@@H]43)c3n(c2nc1C)[C@H](C(=O)Nc1ccc(C(F)(F)F)cc1Cl)C[C@H]3C. The van der Waals surface area contributed by atoms with Crippen LogP contribution >= 0.6 is 11.6 Å². The number of aromatic nitrogens is 3. The average molecular weight is 661 g/mol. The molecular weight excluding hydrogens is 625 g/mol. The van der Waals surface area contributed by atoms with Crippen LogP contribution in [0.1, 0.15) is 81.6 Å². The summed E-state index contributed by atoms with van der Waals surface area (Å²) in [6.07, 6.45) is -3.11. The van der Waals surface area contributed by atoms with Crippen molar-refractivity contribution in [2.24, 2.45) is 0 Å². The van der Waals surface area contributed by atoms with Crippen LogP contribution in [0.4, 0.5) is 29.3 Å². The molecule has 2 fully saturated rings. The van der Waals surface area contributed by atoms with Gasteiger partial charge in [0.1, 0.15) is 17.3 Å². The number of anilines is 2. The summed E-state index contributed by atoms with van der Waals surface area (Å²) in [6.45, 7) is 11.7. The van der Waals surface area contributed by atoms with Crippen molar-refractivity contribution in [1.29, 1.82) is 0 Å². The number of rotatable bonds is 3. The lowest BCUT2D eigenvalue weighted by molar-refractivity contribution is -0.137. The number of hydrogen-bond acceptors (Lipinski definition) is 7. The summed E-state index contributed by atoms with van der Waals surface area (Å²) >= 11 is 6.17. The van der Waals surface area contributed by atoms with Crippen molar-refractivity contribution in [1.82, 2.24) is 19.4 Å². The van der Waals surface area contributed by atoms with Crippen LogP contribution in [0.5, 0.6) is 0 Å². The Kier molecular flexibility index (Phi) is 7.77. The van der Waals surface area contributed by atoms with E-state index in [2.05, 4.69) is 15.2 Å². The second-order valence-electron chi connectivity index (χ2n) is 13.4. The van der Waals surface area contributed by atoms with Crippen LogP contribution in [-0.2, 0) is 15.7 Å². The van der Waals surface area contributed by atoms with Crippen LogP contribution in [0.15, 0.2) is 23.0 Å². The first-order valence-electron chi connectivity index (χ1n) is 15.3. The van der Waals surface area contributed by atoms with Crippen molar-refractivity contribution in [2.45, 2.75) is 96.6 Å². The van der Waals surface area contributed by atoms with Gasteiger partial charge in [0.25, 0.3) is 0 Å². The topological polar surface area (TPSA) is 110 Å². The molecule has 3 aliphatic rings. The Morgan fingerprint density at radius 2 is 1.72 bits per heavy atom. The number of halogens is 4. The maximum atomic E-state index is 14.3. The van der Waals surface area contributed by atoms with Crippen molar-refractivity contribution in [2.75, 3.05) is 23.3 Å². The molecule has 0 bridgehead atoms. The lowest BCUT2D eigenvalue weighted by atomic mass is 9.81. The number of aryl methyl sites for hydroxylation is 2. The molecule has 0 radical (unpaired) electrons. The molecule has 14 heteroatoms. The van der Waals surface area contributed by atoms with E-state index in [-0.39, 0.29) is 51.4 Å². The van der Waals surface area contributed by atoms with Gasteiger partial charge < -0.3 is 24.4 Å². The van der Waals surface area contributed by atoms with E-state index in [4.69, 9.17) is 21.3 Å². The molecule has 4 heterocycles. The highest BCUT2D eigenvalue weighted by Crippen LogP contribution is 2.46. The number of ether oxygens (including phenoxy) is 1. The summed E-state index contributed by atoms with van der Waals surface area (Å²) in [6, 6.07) is 1.66. The molecule has 2 amide bonds. The third-order valence-electron chi connectivity index (χ3n) is 9.16. The van der Waals surface area contributed by atoms with Gasteiger partial charge in [-0.05, 0) is 72.1 Å². The summed E-state index contributed by atoms with van der Waals surface area (Å²) in [5.74, 6) is -0.754. The minimum atomic E-state index is -4.58. The van der Waals surface area contributed by atoms with Gasteiger partial charge in [0, 0.05) is 25.0 Å². The molecule has 246 valence electrons. The second-order valence-corrected chi connectivity index (χ2v) is 13.8. The highest BCUT2D eigenvalue weighted by atomic mass is 35.5. The Labute approximate surface area is 268 Å². The number of carbonyl (C=O) groups excluding carboxylic acids is 2. The molecule has 4 atom stereocenters. The van der Waals surface area contributed by atoms with Crippen LogP contribution in [-0.4, -0.2) is 62.2 Å². The van der Waals surface area contributed by atoms with Crippen LogP contribution < -0.4 is 15.6 Å². The largest absolute Gasteiger partial charge is 0.444 e. The summed E-state index contributed by atoms with van der Waals surface area (Å²) in [5.41, 5.74) is 0.857. The molecule has 1 saturated carbocycles. The smallest absolute Gasteiger partial charge is 0.416 e. The number of piperazine rings is 1. The van der Waals surface area contributed by atoms with E-state index in [1.54, 1.807) is 23.3 Å². The number of pyridine rings is 1. The lowest BCUT2D eigenvalue weighted by Gasteiger charge is -2.54. The number of hydrogen-bond donors (Lipinski definition) is 1. The monoisotopic (exact) mass is 660 g/mol. The minimum Gasteiger partial charge on any atom is -0.444 e. The fourth-order valence-corrected chi connectivity index (χ4v) is 7.01. The van der Waals surface area contributed by atoms with E-state index in [0.717, 1.165) is 31.0 Å². The summed E-state index contributed by atoms with van der Waals surface area (Å²) < 4.78 is 47.1. The average Bonchev–Trinajstić information content (AvgIpc) is 3.27. The highest BCUT2D eigenvalue weighted by Gasteiger charge is 2.49. The molecule has 46 heavy (non-hydrogen) atoms. The van der Waals surface area contributed by atoms with Crippen molar-refractivity contribution in [3.05, 3.63) is 56.1 Å². The molecule has 2 aliphatic heterocycles. The predicted octanol–water partition coefficient (Wildman–Crippen LogP) is 6.36. The molecular formula is C32H36ClF3N6O4. The molecule has 10 nitrogen and oxygen atoms in total. The molecule has 1 aliphatic carbocycles. The first-order valence-corrected chi connectivity index (χ1v) is 15.7. The van der Waals surface area contributed by atoms with Gasteiger partial charge in [0.2, 0.25) is 11.3 Å². The number of alkyl halides is 3. The third-order valence-corrected chi connectivity index (χ3v) is 9.47. The van der Waals surface area contributed by atoms with Crippen molar-refractivity contribution >= 4 is 46.1 Å². The van der Waals surface area contributed by atoms with E-state index in [9.17, 15) is 27.6 Å². The first-order chi connectivity index (χ1) is 21.5. The summed E-state index contributed by atoms with van der Waals surface area (Å²) in [7, 11) is 0. The van der Waals surface area contributed by atoms with Crippen LogP contribution in [0.3, 0.4) is 0 Å². The number of benzene rings is 1. The lowest BCUT2D eigenvalue weighted by Crippen LogP contribution is -2.67. The van der Waals surface area contributed by atoms with E-state index in [0.29, 0.717) is 42.3 Å². The number of nitrogens with zero attached hydrogens (tertiary/aromatic N) is 5. The molecule has 0 unspecified atom stereocenters. The van der Waals surface area contributed by atoms with Gasteiger partial charge in [0.15, 0.2) is 11.2 Å². The maximum Gasteiger partial charge on any atom is 0.416 e. The van der Waals surface area contributed by atoms with Gasteiger partial charge in [-0.1, -0.05) is 18.5 Å². The summed E-state index contributed by atoms with van der Waals surface area (Å²) in [5, 5.41) is 2.46. The van der Waals surface area contributed by atoms with Crippen LogP contribution in [0, 0.1) is 13.8 Å². The molecule has 1 saturated heterocycles. The quantitative estimate of drug-likeness (QED) is 0.348. The standard InChI is InChI=1S/C32H36ClF3N6O4/c1-15-13-23(29(44)39-20-8-7-18(14-19(20)33)32(34,35)36)42-25(15)26(27(43)24-28(42)38-17(3)16(2)37-24)40-11-12-41(22-10-9-21(22)40)30(45)46-31(4,5)6/h7-8,14-15,21-23H,9-13H2,1-6H3,(H,39,44)/t15-,21+,22+,23+/m1/s1. The molecule has 0 spiro atoms. The number of nitrogens with one attached hydrogen (secondary N) is 1. The number of amides is 2. The van der Waals surface area contributed by atoms with Crippen molar-refractivity contribution in [3.8, 4) is 0 Å². The Balaban J connectivity index is 1.42. The molecule has 6 rings (SSSR count). The molecule has 1 N–H and O–H groups in total. The Morgan fingerprint density at radius 3 is 2.33 bits per heavy atom. The Morgan fingerprint density at radius 1 is 1.04 bits per heavy atom. The highest BCUT2D eigenvalue weighted by molar-refractivity contribution is 6.33. The minimum absolute atomic E-state index is 0.0417. The fraction of sp³-hybridized carbons (Fsp3) is 0.531. The number of fused-ring (bicyclic) bond motifs is 4. The van der Waals surface area contributed by atoms with Gasteiger partial charge in [0.05, 0.1) is 39.4 Å². The molecule has 1 aromatic carbocycles. The van der Waals surface area contributed by atoms with E-state index in [1.807, 2.05) is 27.7 Å². The fourth-order valence-electron chi connectivity index (χ4n) is 6.78. The van der Waals surface area contributed by atoms with Gasteiger partial charge in [-0.25, -0.2) is 14.8 Å². The van der Waals surface area contributed by atoms with Gasteiger partial charge in [-0.15, -0.1) is 0 Å². The van der Waals surface area contributed by atoms with E-state index >= 15 is 0 Å². The third kappa shape index (κ3) is 5.46. The zero-order chi connectivity index (χ0) is 33.5. The summed E-state index contributed by atoms with van der Waals surface area (Å²) in [4.78, 5) is 54.4.